The van der Waals surface area contributed by atoms with Gasteiger partial charge in [0.1, 0.15) is 5.82 Å². The molecule has 6 heteroatoms. The van der Waals surface area contributed by atoms with E-state index in [0.29, 0.717) is 10.9 Å². The number of nitrogens with zero attached hydrogens (tertiary/aromatic N) is 2. The summed E-state index contributed by atoms with van der Waals surface area (Å²) in [7, 11) is 0. The molecule has 0 atom stereocenters. The molecule has 1 aromatic carbocycles. The van der Waals surface area contributed by atoms with Crippen molar-refractivity contribution in [3.8, 4) is 0 Å². The van der Waals surface area contributed by atoms with E-state index < -0.39 is 11.8 Å². The number of carboxylic acids is 1. The summed E-state index contributed by atoms with van der Waals surface area (Å²) in [5.74, 6) is -1.52. The summed E-state index contributed by atoms with van der Waals surface area (Å²) in [4.78, 5) is 18.3. The van der Waals surface area contributed by atoms with Crippen molar-refractivity contribution in [1.29, 1.82) is 0 Å². The molecule has 0 aliphatic rings. The lowest BCUT2D eigenvalue weighted by molar-refractivity contribution is -0.136. The molecular weight excluding hydrogens is 235 g/mol. The monoisotopic (exact) mass is 240 g/mol. The van der Waals surface area contributed by atoms with Gasteiger partial charge in [0.25, 0.3) is 0 Å². The molecule has 0 radical (unpaired) electrons. The highest BCUT2D eigenvalue weighted by Crippen LogP contribution is 2.19. The molecule has 16 heavy (non-hydrogen) atoms. The number of aromatic nitrogens is 2. The maximum atomic E-state index is 13.0. The molecule has 1 heterocycles. The van der Waals surface area contributed by atoms with Gasteiger partial charge in [-0.3, -0.25) is 4.79 Å². The maximum absolute atomic E-state index is 13.0. The Hall–Kier alpha value is -1.75. The van der Waals surface area contributed by atoms with E-state index >= 15 is 0 Å². The molecule has 0 aliphatic heterocycles. The molecule has 2 aromatic rings. The van der Waals surface area contributed by atoms with Crippen molar-refractivity contribution in [1.82, 2.24) is 9.97 Å². The third-order valence-electron chi connectivity index (χ3n) is 2.03. The van der Waals surface area contributed by atoms with E-state index in [2.05, 4.69) is 9.97 Å². The maximum Gasteiger partial charge on any atom is 0.309 e. The Morgan fingerprint density at radius 3 is 2.88 bits per heavy atom. The molecule has 1 N–H and O–H groups in total. The highest BCUT2D eigenvalue weighted by atomic mass is 35.5. The first kappa shape index (κ1) is 10.8. The zero-order valence-electron chi connectivity index (χ0n) is 7.94. The van der Waals surface area contributed by atoms with Gasteiger partial charge < -0.3 is 5.11 Å². The van der Waals surface area contributed by atoms with E-state index in [1.807, 2.05) is 0 Å². The van der Waals surface area contributed by atoms with E-state index in [1.54, 1.807) is 0 Å². The highest BCUT2D eigenvalue weighted by molar-refractivity contribution is 6.28. The number of fused-ring (bicyclic) bond motifs is 1. The topological polar surface area (TPSA) is 63.1 Å². The number of benzene rings is 1. The van der Waals surface area contributed by atoms with E-state index in [0.717, 1.165) is 0 Å². The van der Waals surface area contributed by atoms with Gasteiger partial charge in [-0.2, -0.15) is 0 Å². The first-order valence-corrected chi connectivity index (χ1v) is 4.77. The van der Waals surface area contributed by atoms with Crippen LogP contribution in [-0.2, 0) is 11.2 Å². The summed E-state index contributed by atoms with van der Waals surface area (Å²) < 4.78 is 13.0. The Morgan fingerprint density at radius 2 is 2.19 bits per heavy atom. The van der Waals surface area contributed by atoms with Gasteiger partial charge in [-0.15, -0.1) is 0 Å². The molecule has 0 amide bonds. The lowest BCUT2D eigenvalue weighted by Gasteiger charge is -2.03. The van der Waals surface area contributed by atoms with Crippen LogP contribution in [0.5, 0.6) is 0 Å². The minimum absolute atomic E-state index is 0.0460. The van der Waals surface area contributed by atoms with Crippen LogP contribution >= 0.6 is 11.6 Å². The summed E-state index contributed by atoms with van der Waals surface area (Å²) in [5, 5.41) is 9.01. The smallest absolute Gasteiger partial charge is 0.309 e. The number of rotatable bonds is 2. The number of carboxylic acid groups (broad SMARTS) is 1. The Labute approximate surface area is 94.7 Å². The van der Waals surface area contributed by atoms with Crippen LogP contribution in [0.15, 0.2) is 18.2 Å². The van der Waals surface area contributed by atoms with Gasteiger partial charge in [0.05, 0.1) is 17.6 Å². The minimum atomic E-state index is -1.06. The Balaban J connectivity index is 2.69. The van der Waals surface area contributed by atoms with Crippen LogP contribution in [0, 0.1) is 5.82 Å². The van der Waals surface area contributed by atoms with E-state index in [9.17, 15) is 9.18 Å². The molecule has 1 aromatic heterocycles. The van der Waals surface area contributed by atoms with Crippen LogP contribution in [0.1, 0.15) is 5.69 Å². The van der Waals surface area contributed by atoms with Crippen LogP contribution in [0.3, 0.4) is 0 Å². The van der Waals surface area contributed by atoms with Crippen molar-refractivity contribution < 1.29 is 14.3 Å². The van der Waals surface area contributed by atoms with Gasteiger partial charge in [0.15, 0.2) is 0 Å². The number of hydrogen-bond donors (Lipinski definition) is 1. The third-order valence-corrected chi connectivity index (χ3v) is 2.20. The second kappa shape index (κ2) is 4.02. The van der Waals surface area contributed by atoms with Crippen LogP contribution < -0.4 is 0 Å². The van der Waals surface area contributed by atoms with Crippen molar-refractivity contribution in [2.45, 2.75) is 6.42 Å². The molecule has 82 valence electrons. The van der Waals surface area contributed by atoms with E-state index in [1.165, 1.54) is 18.2 Å². The molecule has 0 bridgehead atoms. The van der Waals surface area contributed by atoms with Crippen LogP contribution in [0.25, 0.3) is 10.9 Å². The Morgan fingerprint density at radius 1 is 1.44 bits per heavy atom. The lowest BCUT2D eigenvalue weighted by atomic mass is 10.1. The summed E-state index contributed by atoms with van der Waals surface area (Å²) in [5.41, 5.74) is 0.639. The predicted octanol–water partition coefficient (Wildman–Crippen LogP) is 2.05. The van der Waals surface area contributed by atoms with Crippen molar-refractivity contribution in [2.75, 3.05) is 0 Å². The molecular formula is C10H6ClFN2O2. The normalized spacial score (nSPS) is 10.6. The molecule has 2 rings (SSSR count). The van der Waals surface area contributed by atoms with Crippen LogP contribution in [0.2, 0.25) is 5.28 Å². The first-order chi connectivity index (χ1) is 7.56. The number of hydrogen-bond acceptors (Lipinski definition) is 3. The zero-order valence-corrected chi connectivity index (χ0v) is 8.70. The SMILES string of the molecule is O=C(O)Cc1nc(Cl)nc2ccc(F)cc12. The van der Waals surface area contributed by atoms with Crippen molar-refractivity contribution in [2.24, 2.45) is 0 Å². The molecule has 0 unspecified atom stereocenters. The number of halogens is 2. The molecule has 0 saturated carbocycles. The second-order valence-corrected chi connectivity index (χ2v) is 3.51. The number of carbonyl (C=O) groups is 1. The third kappa shape index (κ3) is 2.09. The largest absolute Gasteiger partial charge is 0.481 e. The van der Waals surface area contributed by atoms with Gasteiger partial charge >= 0.3 is 5.97 Å². The summed E-state index contributed by atoms with van der Waals surface area (Å²) in [6.45, 7) is 0. The molecule has 0 fully saturated rings. The fourth-order valence-electron chi connectivity index (χ4n) is 1.41. The lowest BCUT2D eigenvalue weighted by Crippen LogP contribution is -2.04. The fourth-order valence-corrected chi connectivity index (χ4v) is 1.60. The summed E-state index contributed by atoms with van der Waals surface area (Å²) >= 11 is 5.64. The van der Waals surface area contributed by atoms with Crippen molar-refractivity contribution >= 4 is 28.5 Å². The first-order valence-electron chi connectivity index (χ1n) is 4.40. The summed E-state index contributed by atoms with van der Waals surface area (Å²) in [6, 6.07) is 3.86. The van der Waals surface area contributed by atoms with Gasteiger partial charge in [0, 0.05) is 5.39 Å². The van der Waals surface area contributed by atoms with E-state index in [4.69, 9.17) is 16.7 Å². The van der Waals surface area contributed by atoms with Gasteiger partial charge in [-0.05, 0) is 29.8 Å². The van der Waals surface area contributed by atoms with E-state index in [-0.39, 0.29) is 17.4 Å². The number of aliphatic carboxylic acids is 1. The van der Waals surface area contributed by atoms with Gasteiger partial charge in [-0.25, -0.2) is 14.4 Å². The molecule has 0 spiro atoms. The molecule has 0 saturated heterocycles. The average molecular weight is 241 g/mol. The second-order valence-electron chi connectivity index (χ2n) is 3.17. The minimum Gasteiger partial charge on any atom is -0.481 e. The summed E-state index contributed by atoms with van der Waals surface area (Å²) in [6.07, 6.45) is -0.317. The van der Waals surface area contributed by atoms with Gasteiger partial charge in [-0.1, -0.05) is 0 Å². The quantitative estimate of drug-likeness (QED) is 0.816. The van der Waals surface area contributed by atoms with Crippen molar-refractivity contribution in [3.05, 3.63) is 35.0 Å². The van der Waals surface area contributed by atoms with Gasteiger partial charge in [0.2, 0.25) is 5.28 Å². The van der Waals surface area contributed by atoms with Crippen LogP contribution in [-0.4, -0.2) is 21.0 Å². The average Bonchev–Trinajstić information content (AvgIpc) is 2.18. The Bertz CT molecular complexity index is 574. The predicted molar refractivity (Wildman–Crippen MR) is 55.8 cm³/mol. The highest BCUT2D eigenvalue weighted by Gasteiger charge is 2.10. The van der Waals surface area contributed by atoms with Crippen LogP contribution in [0.4, 0.5) is 4.39 Å². The molecule has 0 aliphatic carbocycles. The standard InChI is InChI=1S/C10H6ClFN2O2/c11-10-13-7-2-1-5(12)3-6(7)8(14-10)4-9(15)16/h1-3H,4H2,(H,15,16). The molecule has 4 nitrogen and oxygen atoms in total. The Kier molecular flexibility index (Phi) is 2.70. The fraction of sp³-hybridized carbons (Fsp3) is 0.100. The zero-order chi connectivity index (χ0) is 11.7. The van der Waals surface area contributed by atoms with Crippen molar-refractivity contribution in [3.63, 3.8) is 0 Å².